The second-order valence-electron chi connectivity index (χ2n) is 7.40. The van der Waals surface area contributed by atoms with Crippen LogP contribution in [0.25, 0.3) is 0 Å². The van der Waals surface area contributed by atoms with Crippen LogP contribution in [-0.2, 0) is 0 Å². The highest BCUT2D eigenvalue weighted by molar-refractivity contribution is 4.89. The van der Waals surface area contributed by atoms with E-state index >= 15 is 0 Å². The Labute approximate surface area is 107 Å². The Kier molecular flexibility index (Phi) is 3.84. The molecule has 0 aromatic rings. The van der Waals surface area contributed by atoms with Gasteiger partial charge in [-0.2, -0.15) is 0 Å². The number of fused-ring (bicyclic) bond motifs is 1. The van der Waals surface area contributed by atoms with Crippen molar-refractivity contribution in [3.63, 3.8) is 0 Å². The maximum Gasteiger partial charge on any atom is 0.0511 e. The summed E-state index contributed by atoms with van der Waals surface area (Å²) in [6.07, 6.45) is 4.25. The van der Waals surface area contributed by atoms with Gasteiger partial charge < -0.3 is 0 Å². The predicted molar refractivity (Wildman–Crippen MR) is 74.0 cm³/mol. The Balaban J connectivity index is 1.97. The molecule has 0 aromatic heterocycles. The van der Waals surface area contributed by atoms with Gasteiger partial charge in [-0.05, 0) is 44.4 Å². The lowest BCUT2D eigenvalue weighted by Gasteiger charge is -2.50. The molecule has 2 fully saturated rings. The summed E-state index contributed by atoms with van der Waals surface area (Å²) in [5.74, 6) is 0.880. The third kappa shape index (κ3) is 3.03. The Morgan fingerprint density at radius 1 is 1.06 bits per heavy atom. The van der Waals surface area contributed by atoms with Crippen molar-refractivity contribution in [2.45, 2.75) is 66.0 Å². The first-order valence-corrected chi connectivity index (χ1v) is 7.36. The molecular weight excluding hydrogens is 208 g/mol. The second-order valence-corrected chi connectivity index (χ2v) is 7.40. The lowest BCUT2D eigenvalue weighted by atomic mass is 9.74. The van der Waals surface area contributed by atoms with Gasteiger partial charge in [-0.3, -0.25) is 9.80 Å². The van der Waals surface area contributed by atoms with Crippen LogP contribution in [0.3, 0.4) is 0 Å². The van der Waals surface area contributed by atoms with Crippen LogP contribution in [0.2, 0.25) is 0 Å². The summed E-state index contributed by atoms with van der Waals surface area (Å²) in [6.45, 7) is 15.7. The molecule has 0 radical (unpaired) electrons. The smallest absolute Gasteiger partial charge is 0.0511 e. The molecule has 2 aliphatic heterocycles. The highest BCUT2D eigenvalue weighted by atomic mass is 15.4. The van der Waals surface area contributed by atoms with Crippen LogP contribution in [0.4, 0.5) is 0 Å². The molecule has 0 saturated carbocycles. The fourth-order valence-electron chi connectivity index (χ4n) is 3.35. The molecule has 0 spiro atoms. The van der Waals surface area contributed by atoms with E-state index in [2.05, 4.69) is 44.4 Å². The summed E-state index contributed by atoms with van der Waals surface area (Å²) in [6, 6.07) is 1.58. The molecular formula is C15H30N2. The lowest BCUT2D eigenvalue weighted by Crippen LogP contribution is -2.56. The van der Waals surface area contributed by atoms with Crippen LogP contribution in [-0.4, -0.2) is 41.6 Å². The summed E-state index contributed by atoms with van der Waals surface area (Å²) in [5, 5.41) is 0. The van der Waals surface area contributed by atoms with Crippen molar-refractivity contribution in [3.05, 3.63) is 0 Å². The van der Waals surface area contributed by atoms with Gasteiger partial charge in [0.1, 0.15) is 0 Å². The zero-order chi connectivity index (χ0) is 12.6. The minimum atomic E-state index is 0.477. The minimum Gasteiger partial charge on any atom is -0.288 e. The van der Waals surface area contributed by atoms with E-state index in [9.17, 15) is 0 Å². The van der Waals surface area contributed by atoms with Crippen LogP contribution in [0, 0.1) is 11.3 Å². The summed E-state index contributed by atoms with van der Waals surface area (Å²) in [5.41, 5.74) is 0.477. The number of hydrogen-bond donors (Lipinski definition) is 0. The summed E-state index contributed by atoms with van der Waals surface area (Å²) in [4.78, 5) is 5.38. The first-order chi connectivity index (χ1) is 7.88. The summed E-state index contributed by atoms with van der Waals surface area (Å²) < 4.78 is 0. The SMILES string of the molecule is CC(C)N1CCC2CCC(C(C)(C)C)CN2C1. The Morgan fingerprint density at radius 2 is 1.76 bits per heavy atom. The first kappa shape index (κ1) is 13.4. The quantitative estimate of drug-likeness (QED) is 0.692. The van der Waals surface area contributed by atoms with Crippen LogP contribution in [0.5, 0.6) is 0 Å². The number of hydrogen-bond acceptors (Lipinski definition) is 2. The fraction of sp³-hybridized carbons (Fsp3) is 1.00. The standard InChI is InChI=1S/C15H30N2/c1-12(2)16-9-8-14-7-6-13(15(3,4)5)10-17(14)11-16/h12-14H,6-11H2,1-5H3. The predicted octanol–water partition coefficient (Wildman–Crippen LogP) is 3.18. The highest BCUT2D eigenvalue weighted by Crippen LogP contribution is 2.37. The van der Waals surface area contributed by atoms with Crippen molar-refractivity contribution in [1.82, 2.24) is 9.80 Å². The van der Waals surface area contributed by atoms with Gasteiger partial charge in [-0.1, -0.05) is 20.8 Å². The lowest BCUT2D eigenvalue weighted by molar-refractivity contribution is -0.0328. The number of nitrogens with zero attached hydrogens (tertiary/aromatic N) is 2. The number of piperidine rings is 1. The molecule has 2 atom stereocenters. The van der Waals surface area contributed by atoms with E-state index < -0.39 is 0 Å². The first-order valence-electron chi connectivity index (χ1n) is 7.36. The summed E-state index contributed by atoms with van der Waals surface area (Å²) >= 11 is 0. The zero-order valence-electron chi connectivity index (χ0n) is 12.4. The van der Waals surface area contributed by atoms with Crippen molar-refractivity contribution in [2.75, 3.05) is 19.8 Å². The van der Waals surface area contributed by atoms with Crippen molar-refractivity contribution in [2.24, 2.45) is 11.3 Å². The topological polar surface area (TPSA) is 6.48 Å². The Bertz CT molecular complexity index is 254. The van der Waals surface area contributed by atoms with E-state index in [-0.39, 0.29) is 0 Å². The van der Waals surface area contributed by atoms with Crippen molar-refractivity contribution < 1.29 is 0 Å². The van der Waals surface area contributed by atoms with E-state index in [0.29, 0.717) is 11.5 Å². The van der Waals surface area contributed by atoms with Gasteiger partial charge in [0, 0.05) is 25.2 Å². The van der Waals surface area contributed by atoms with Crippen molar-refractivity contribution in [3.8, 4) is 0 Å². The maximum absolute atomic E-state index is 2.75. The molecule has 0 aliphatic carbocycles. The normalized spacial score (nSPS) is 32.8. The van der Waals surface area contributed by atoms with Crippen molar-refractivity contribution >= 4 is 0 Å². The van der Waals surface area contributed by atoms with E-state index in [0.717, 1.165) is 12.0 Å². The van der Waals surface area contributed by atoms with Crippen LogP contribution in [0.15, 0.2) is 0 Å². The molecule has 100 valence electrons. The monoisotopic (exact) mass is 238 g/mol. The van der Waals surface area contributed by atoms with E-state index in [1.165, 1.54) is 39.0 Å². The van der Waals surface area contributed by atoms with Gasteiger partial charge in [-0.25, -0.2) is 0 Å². The van der Waals surface area contributed by atoms with Crippen molar-refractivity contribution in [1.29, 1.82) is 0 Å². The molecule has 2 heterocycles. The highest BCUT2D eigenvalue weighted by Gasteiger charge is 2.37. The Morgan fingerprint density at radius 3 is 2.35 bits per heavy atom. The van der Waals surface area contributed by atoms with Gasteiger partial charge in [0.05, 0.1) is 6.67 Å². The summed E-state index contributed by atoms with van der Waals surface area (Å²) in [7, 11) is 0. The zero-order valence-corrected chi connectivity index (χ0v) is 12.4. The molecule has 2 unspecified atom stereocenters. The minimum absolute atomic E-state index is 0.477. The van der Waals surface area contributed by atoms with Gasteiger partial charge in [-0.15, -0.1) is 0 Å². The van der Waals surface area contributed by atoms with Crippen LogP contribution < -0.4 is 0 Å². The third-order valence-electron chi connectivity index (χ3n) is 4.89. The molecule has 2 heteroatoms. The molecule has 2 saturated heterocycles. The van der Waals surface area contributed by atoms with E-state index in [4.69, 9.17) is 0 Å². The second kappa shape index (κ2) is 4.89. The van der Waals surface area contributed by atoms with E-state index in [1.54, 1.807) is 0 Å². The fourth-order valence-corrected chi connectivity index (χ4v) is 3.35. The molecule has 0 amide bonds. The number of rotatable bonds is 1. The average Bonchev–Trinajstić information content (AvgIpc) is 2.26. The van der Waals surface area contributed by atoms with E-state index in [1.807, 2.05) is 0 Å². The molecule has 2 rings (SSSR count). The molecule has 0 aromatic carbocycles. The average molecular weight is 238 g/mol. The molecule has 2 nitrogen and oxygen atoms in total. The largest absolute Gasteiger partial charge is 0.288 e. The molecule has 0 bridgehead atoms. The molecule has 0 N–H and O–H groups in total. The Hall–Kier alpha value is -0.0800. The van der Waals surface area contributed by atoms with Gasteiger partial charge in [0.25, 0.3) is 0 Å². The van der Waals surface area contributed by atoms with Gasteiger partial charge in [0.15, 0.2) is 0 Å². The molecule has 17 heavy (non-hydrogen) atoms. The maximum atomic E-state index is 2.75. The van der Waals surface area contributed by atoms with Gasteiger partial charge in [0.2, 0.25) is 0 Å². The van der Waals surface area contributed by atoms with Gasteiger partial charge >= 0.3 is 0 Å². The molecule has 2 aliphatic rings. The third-order valence-corrected chi connectivity index (χ3v) is 4.89. The van der Waals surface area contributed by atoms with Crippen LogP contribution >= 0.6 is 0 Å². The van der Waals surface area contributed by atoms with Crippen LogP contribution in [0.1, 0.15) is 53.9 Å².